The summed E-state index contributed by atoms with van der Waals surface area (Å²) in [5.41, 5.74) is -0.617. The molecule has 0 atom stereocenters. The third-order valence-electron chi connectivity index (χ3n) is 2.82. The Morgan fingerprint density at radius 3 is 2.50 bits per heavy atom. The van der Waals surface area contributed by atoms with Crippen molar-refractivity contribution in [1.82, 2.24) is 0 Å². The number of ether oxygens (including phenoxy) is 1. The molecular formula is C15H9ClF4O2. The molecule has 0 spiro atoms. The summed E-state index contributed by atoms with van der Waals surface area (Å²) in [6.45, 7) is -0.292. The van der Waals surface area contributed by atoms with Crippen LogP contribution in [0.5, 0.6) is 5.75 Å². The molecule has 0 N–H and O–H groups in total. The quantitative estimate of drug-likeness (QED) is 0.588. The molecule has 7 heteroatoms. The number of halogens is 5. The summed E-state index contributed by atoms with van der Waals surface area (Å²) in [6.07, 6.45) is -4.08. The van der Waals surface area contributed by atoms with E-state index < -0.39 is 22.6 Å². The van der Waals surface area contributed by atoms with E-state index in [2.05, 4.69) is 0 Å². The molecule has 0 amide bonds. The van der Waals surface area contributed by atoms with E-state index in [4.69, 9.17) is 16.3 Å². The van der Waals surface area contributed by atoms with Gasteiger partial charge < -0.3 is 4.74 Å². The highest BCUT2D eigenvalue weighted by Crippen LogP contribution is 2.35. The first-order valence-corrected chi connectivity index (χ1v) is 6.42. The largest absolute Gasteiger partial charge is 0.486 e. The Labute approximate surface area is 128 Å². The SMILES string of the molecule is O=Cc1ccc(F)c(OCc2ccc(Cl)c(C(F)(F)F)c2)c1. The zero-order chi connectivity index (χ0) is 16.3. The molecule has 0 aliphatic carbocycles. The molecule has 116 valence electrons. The lowest BCUT2D eigenvalue weighted by atomic mass is 10.1. The minimum absolute atomic E-state index is 0.174. The number of hydrogen-bond donors (Lipinski definition) is 0. The Kier molecular flexibility index (Phi) is 4.71. The molecule has 0 fully saturated rings. The first kappa shape index (κ1) is 16.3. The van der Waals surface area contributed by atoms with Crippen LogP contribution in [0.3, 0.4) is 0 Å². The molecule has 2 aromatic rings. The lowest BCUT2D eigenvalue weighted by molar-refractivity contribution is -0.137. The minimum Gasteiger partial charge on any atom is -0.486 e. The maximum atomic E-state index is 13.5. The maximum Gasteiger partial charge on any atom is 0.417 e. The van der Waals surface area contributed by atoms with Gasteiger partial charge in [0.2, 0.25) is 0 Å². The lowest BCUT2D eigenvalue weighted by Gasteiger charge is -2.12. The molecule has 2 aromatic carbocycles. The van der Waals surface area contributed by atoms with Gasteiger partial charge in [-0.15, -0.1) is 0 Å². The van der Waals surface area contributed by atoms with Crippen molar-refractivity contribution in [2.24, 2.45) is 0 Å². The topological polar surface area (TPSA) is 26.3 Å². The van der Waals surface area contributed by atoms with E-state index >= 15 is 0 Å². The van der Waals surface area contributed by atoms with Crippen LogP contribution in [0.15, 0.2) is 36.4 Å². The highest BCUT2D eigenvalue weighted by atomic mass is 35.5. The second-order valence-corrected chi connectivity index (χ2v) is 4.82. The van der Waals surface area contributed by atoms with Gasteiger partial charge >= 0.3 is 6.18 Å². The van der Waals surface area contributed by atoms with Gasteiger partial charge in [-0.25, -0.2) is 4.39 Å². The zero-order valence-corrected chi connectivity index (χ0v) is 11.7. The van der Waals surface area contributed by atoms with Crippen molar-refractivity contribution in [3.63, 3.8) is 0 Å². The predicted octanol–water partition coefficient (Wildman–Crippen LogP) is 4.89. The number of benzene rings is 2. The fraction of sp³-hybridized carbons (Fsp3) is 0.133. The molecule has 0 aliphatic rings. The van der Waals surface area contributed by atoms with E-state index in [1.807, 2.05) is 0 Å². The number of alkyl halides is 3. The summed E-state index contributed by atoms with van der Waals surface area (Å²) in [6, 6.07) is 6.76. The lowest BCUT2D eigenvalue weighted by Crippen LogP contribution is -2.07. The summed E-state index contributed by atoms with van der Waals surface area (Å²) in [4.78, 5) is 10.6. The normalized spacial score (nSPS) is 11.3. The van der Waals surface area contributed by atoms with E-state index in [1.165, 1.54) is 18.2 Å². The van der Waals surface area contributed by atoms with E-state index in [9.17, 15) is 22.4 Å². The first-order valence-electron chi connectivity index (χ1n) is 6.04. The smallest absolute Gasteiger partial charge is 0.417 e. The van der Waals surface area contributed by atoms with Crippen molar-refractivity contribution in [1.29, 1.82) is 0 Å². The Morgan fingerprint density at radius 1 is 1.14 bits per heavy atom. The van der Waals surface area contributed by atoms with Crippen molar-refractivity contribution >= 4 is 17.9 Å². The summed E-state index contributed by atoms with van der Waals surface area (Å²) in [5.74, 6) is -0.927. The van der Waals surface area contributed by atoms with E-state index in [-0.39, 0.29) is 23.5 Å². The number of carbonyl (C=O) groups is 1. The molecule has 2 nitrogen and oxygen atoms in total. The molecule has 0 radical (unpaired) electrons. The van der Waals surface area contributed by atoms with Gasteiger partial charge in [0.25, 0.3) is 0 Å². The molecule has 0 aromatic heterocycles. The molecule has 0 heterocycles. The van der Waals surface area contributed by atoms with E-state index in [0.717, 1.165) is 18.2 Å². The van der Waals surface area contributed by atoms with Crippen LogP contribution in [0.4, 0.5) is 17.6 Å². The van der Waals surface area contributed by atoms with Crippen LogP contribution in [0.2, 0.25) is 5.02 Å². The van der Waals surface area contributed by atoms with Gasteiger partial charge in [-0.05, 0) is 35.9 Å². The van der Waals surface area contributed by atoms with E-state index in [1.54, 1.807) is 0 Å². The van der Waals surface area contributed by atoms with Crippen LogP contribution in [0.25, 0.3) is 0 Å². The second kappa shape index (κ2) is 6.36. The third kappa shape index (κ3) is 3.76. The van der Waals surface area contributed by atoms with Gasteiger partial charge in [0.05, 0.1) is 10.6 Å². The highest BCUT2D eigenvalue weighted by molar-refractivity contribution is 6.31. The maximum absolute atomic E-state index is 13.5. The Morgan fingerprint density at radius 2 is 1.86 bits per heavy atom. The van der Waals surface area contributed by atoms with Gasteiger partial charge in [-0.1, -0.05) is 17.7 Å². The number of aldehydes is 1. The van der Waals surface area contributed by atoms with Crippen LogP contribution >= 0.6 is 11.6 Å². The van der Waals surface area contributed by atoms with Crippen molar-refractivity contribution in [3.05, 3.63) is 63.9 Å². The van der Waals surface area contributed by atoms with Gasteiger partial charge in [0, 0.05) is 5.56 Å². The monoisotopic (exact) mass is 332 g/mol. The van der Waals surface area contributed by atoms with Crippen molar-refractivity contribution in [2.45, 2.75) is 12.8 Å². The molecule has 22 heavy (non-hydrogen) atoms. The molecule has 0 saturated heterocycles. The van der Waals surface area contributed by atoms with Crippen molar-refractivity contribution in [3.8, 4) is 5.75 Å². The molecule has 2 rings (SSSR count). The van der Waals surface area contributed by atoms with Gasteiger partial charge in [0.15, 0.2) is 11.6 Å². The number of carbonyl (C=O) groups excluding carboxylic acids is 1. The summed E-state index contributed by atoms with van der Waals surface area (Å²) < 4.78 is 56.8. The fourth-order valence-corrected chi connectivity index (χ4v) is 1.97. The Hall–Kier alpha value is -2.08. The first-order chi connectivity index (χ1) is 10.3. The highest BCUT2D eigenvalue weighted by Gasteiger charge is 2.33. The summed E-state index contributed by atoms with van der Waals surface area (Å²) in [7, 11) is 0. The predicted molar refractivity (Wildman–Crippen MR) is 72.6 cm³/mol. The summed E-state index contributed by atoms with van der Waals surface area (Å²) >= 11 is 5.50. The molecule has 0 saturated carbocycles. The Bertz CT molecular complexity index is 698. The standard InChI is InChI=1S/C15H9ClF4O2/c16-12-3-1-10(5-11(12)15(18,19)20)8-22-14-6-9(7-21)2-4-13(14)17/h1-7H,8H2. The van der Waals surface area contributed by atoms with Crippen LogP contribution in [-0.2, 0) is 12.8 Å². The van der Waals surface area contributed by atoms with Gasteiger partial charge in [-0.2, -0.15) is 13.2 Å². The van der Waals surface area contributed by atoms with Crippen LogP contribution in [0, 0.1) is 5.82 Å². The molecular weight excluding hydrogens is 324 g/mol. The van der Waals surface area contributed by atoms with Crippen molar-refractivity contribution in [2.75, 3.05) is 0 Å². The van der Waals surface area contributed by atoms with Gasteiger partial charge in [-0.3, -0.25) is 4.79 Å². The fourth-order valence-electron chi connectivity index (χ4n) is 1.74. The summed E-state index contributed by atoms with van der Waals surface area (Å²) in [5, 5.41) is -0.426. The average Bonchev–Trinajstić information content (AvgIpc) is 2.46. The number of hydrogen-bond acceptors (Lipinski definition) is 2. The van der Waals surface area contributed by atoms with Crippen LogP contribution in [-0.4, -0.2) is 6.29 Å². The molecule has 0 unspecified atom stereocenters. The third-order valence-corrected chi connectivity index (χ3v) is 3.15. The van der Waals surface area contributed by atoms with Crippen LogP contribution in [0.1, 0.15) is 21.5 Å². The Balaban J connectivity index is 2.20. The van der Waals surface area contributed by atoms with Gasteiger partial charge in [0.1, 0.15) is 12.9 Å². The second-order valence-electron chi connectivity index (χ2n) is 4.41. The van der Waals surface area contributed by atoms with E-state index in [0.29, 0.717) is 6.29 Å². The van der Waals surface area contributed by atoms with Crippen molar-refractivity contribution < 1.29 is 27.1 Å². The number of rotatable bonds is 4. The average molecular weight is 333 g/mol. The minimum atomic E-state index is -4.59. The molecule has 0 aliphatic heterocycles. The molecule has 0 bridgehead atoms. The van der Waals surface area contributed by atoms with Crippen LogP contribution < -0.4 is 4.74 Å². The zero-order valence-electron chi connectivity index (χ0n) is 11.0.